The third kappa shape index (κ3) is 5.81. The van der Waals surface area contributed by atoms with Crippen molar-refractivity contribution < 1.29 is 0 Å². The molecule has 1 aliphatic carbocycles. The summed E-state index contributed by atoms with van der Waals surface area (Å²) in [6.45, 7) is 0. The van der Waals surface area contributed by atoms with E-state index in [1.807, 2.05) is 6.07 Å². The van der Waals surface area contributed by atoms with Crippen LogP contribution in [0.3, 0.4) is 0 Å². The highest BCUT2D eigenvalue weighted by atomic mass is 32.1. The summed E-state index contributed by atoms with van der Waals surface area (Å²) < 4.78 is 2.32. The molecule has 0 spiro atoms. The van der Waals surface area contributed by atoms with Crippen molar-refractivity contribution in [3.8, 4) is 67.5 Å². The molecule has 53 heavy (non-hydrogen) atoms. The van der Waals surface area contributed by atoms with Gasteiger partial charge in [-0.1, -0.05) is 146 Å². The van der Waals surface area contributed by atoms with Gasteiger partial charge in [0.15, 0.2) is 11.6 Å². The first-order valence-corrected chi connectivity index (χ1v) is 18.8. The van der Waals surface area contributed by atoms with Crippen LogP contribution >= 0.6 is 11.3 Å². The molecule has 250 valence electrons. The zero-order valence-electron chi connectivity index (χ0n) is 28.8. The van der Waals surface area contributed by atoms with Crippen molar-refractivity contribution in [2.45, 2.75) is 12.8 Å². The van der Waals surface area contributed by atoms with Crippen molar-refractivity contribution in [3.05, 3.63) is 175 Å². The molecular formula is C48H32N4S. The number of aromatic nitrogens is 4. The molecule has 0 unspecified atom stereocenters. The van der Waals surface area contributed by atoms with E-state index in [1.165, 1.54) is 4.70 Å². The number of aryl methyl sites for hydroxylation is 1. The van der Waals surface area contributed by atoms with E-state index in [-0.39, 0.29) is 0 Å². The van der Waals surface area contributed by atoms with Crippen LogP contribution < -0.4 is 0 Å². The van der Waals surface area contributed by atoms with Crippen molar-refractivity contribution in [1.29, 1.82) is 0 Å². The lowest BCUT2D eigenvalue weighted by molar-refractivity contribution is 0.915. The summed E-state index contributed by atoms with van der Waals surface area (Å²) in [4.78, 5) is 20.9. The SMILES string of the molecule is C1=Cc2c(nc(-c3cc(-c4ccccc4)cc(-c4ccccc4)c3)nc2-c2ccc(-c3nc(-c4ccccc4)c4sc5ccccc5c4n3)cc2)CC1. The summed E-state index contributed by atoms with van der Waals surface area (Å²) in [7, 11) is 0. The smallest absolute Gasteiger partial charge is 0.160 e. The van der Waals surface area contributed by atoms with Gasteiger partial charge in [0, 0.05) is 37.9 Å². The minimum atomic E-state index is 0.711. The van der Waals surface area contributed by atoms with E-state index in [9.17, 15) is 0 Å². The zero-order chi connectivity index (χ0) is 35.1. The van der Waals surface area contributed by atoms with Gasteiger partial charge in [0.05, 0.1) is 27.3 Å². The highest BCUT2D eigenvalue weighted by molar-refractivity contribution is 7.26. The quantitative estimate of drug-likeness (QED) is 0.174. The van der Waals surface area contributed by atoms with Gasteiger partial charge in [-0.3, -0.25) is 0 Å². The Balaban J connectivity index is 1.10. The van der Waals surface area contributed by atoms with Gasteiger partial charge in [0.25, 0.3) is 0 Å². The molecule has 3 heterocycles. The average molecular weight is 697 g/mol. The molecule has 10 rings (SSSR count). The summed E-state index contributed by atoms with van der Waals surface area (Å²) in [6, 6.07) is 55.3. The number of hydrogen-bond acceptors (Lipinski definition) is 5. The Hall–Kier alpha value is -6.56. The van der Waals surface area contributed by atoms with E-state index < -0.39 is 0 Å². The second-order valence-electron chi connectivity index (χ2n) is 13.3. The van der Waals surface area contributed by atoms with E-state index >= 15 is 0 Å². The van der Waals surface area contributed by atoms with Crippen molar-refractivity contribution in [2.75, 3.05) is 0 Å². The van der Waals surface area contributed by atoms with Crippen molar-refractivity contribution in [3.63, 3.8) is 0 Å². The lowest BCUT2D eigenvalue weighted by atomic mass is 9.94. The highest BCUT2D eigenvalue weighted by Crippen LogP contribution is 2.40. The Morgan fingerprint density at radius 1 is 0.434 bits per heavy atom. The molecule has 1 aliphatic rings. The lowest BCUT2D eigenvalue weighted by Crippen LogP contribution is -2.05. The fourth-order valence-corrected chi connectivity index (χ4v) is 8.45. The molecule has 4 nitrogen and oxygen atoms in total. The Bertz CT molecular complexity index is 2750. The second kappa shape index (κ2) is 13.2. The fraction of sp³-hybridized carbons (Fsp3) is 0.0417. The average Bonchev–Trinajstić information content (AvgIpc) is 3.62. The normalized spacial score (nSPS) is 12.3. The predicted molar refractivity (Wildman–Crippen MR) is 220 cm³/mol. The van der Waals surface area contributed by atoms with Crippen molar-refractivity contribution in [2.24, 2.45) is 0 Å². The number of rotatable bonds is 6. The van der Waals surface area contributed by atoms with E-state index in [4.69, 9.17) is 19.9 Å². The maximum atomic E-state index is 5.33. The maximum Gasteiger partial charge on any atom is 0.160 e. The number of hydrogen-bond donors (Lipinski definition) is 0. The van der Waals surface area contributed by atoms with Crippen molar-refractivity contribution >= 4 is 37.7 Å². The molecule has 0 saturated carbocycles. The molecule has 3 aromatic heterocycles. The lowest BCUT2D eigenvalue weighted by Gasteiger charge is -2.17. The Labute approximate surface area is 311 Å². The van der Waals surface area contributed by atoms with Crippen molar-refractivity contribution in [1.82, 2.24) is 19.9 Å². The maximum absolute atomic E-state index is 5.33. The molecule has 0 bridgehead atoms. The molecule has 6 aromatic carbocycles. The van der Waals surface area contributed by atoms with E-state index in [1.54, 1.807) is 11.3 Å². The largest absolute Gasteiger partial charge is 0.232 e. The minimum Gasteiger partial charge on any atom is -0.232 e. The van der Waals surface area contributed by atoms with Crippen LogP contribution in [0.5, 0.6) is 0 Å². The Morgan fingerprint density at radius 3 is 1.68 bits per heavy atom. The molecule has 0 atom stereocenters. The monoisotopic (exact) mass is 696 g/mol. The molecule has 0 amide bonds. The molecular weight excluding hydrogens is 665 g/mol. The van der Waals surface area contributed by atoms with Crippen LogP contribution in [0.25, 0.3) is 93.9 Å². The first-order valence-electron chi connectivity index (χ1n) is 17.9. The summed E-state index contributed by atoms with van der Waals surface area (Å²) >= 11 is 1.75. The van der Waals surface area contributed by atoms with Crippen LogP contribution in [-0.2, 0) is 6.42 Å². The van der Waals surface area contributed by atoms with E-state index in [2.05, 4.69) is 164 Å². The first kappa shape index (κ1) is 31.2. The van der Waals surface area contributed by atoms with Crippen LogP contribution in [0.4, 0.5) is 0 Å². The zero-order valence-corrected chi connectivity index (χ0v) is 29.6. The molecule has 0 N–H and O–H groups in total. The van der Waals surface area contributed by atoms with Gasteiger partial charge < -0.3 is 0 Å². The van der Waals surface area contributed by atoms with Crippen LogP contribution in [0.15, 0.2) is 164 Å². The van der Waals surface area contributed by atoms with E-state index in [0.717, 1.165) is 101 Å². The third-order valence-electron chi connectivity index (χ3n) is 9.95. The Kier molecular flexibility index (Phi) is 7.77. The first-order chi connectivity index (χ1) is 26.2. The van der Waals surface area contributed by atoms with Crippen LogP contribution in [0.2, 0.25) is 0 Å². The number of allylic oxidation sites excluding steroid dienone is 1. The van der Waals surface area contributed by atoms with Crippen LogP contribution in [-0.4, -0.2) is 19.9 Å². The Morgan fingerprint density at radius 2 is 0.981 bits per heavy atom. The van der Waals surface area contributed by atoms with Crippen LogP contribution in [0.1, 0.15) is 17.7 Å². The predicted octanol–water partition coefficient (Wildman–Crippen LogP) is 12.6. The number of fused-ring (bicyclic) bond motifs is 4. The number of benzene rings is 6. The van der Waals surface area contributed by atoms with Gasteiger partial charge in [-0.2, -0.15) is 0 Å². The molecule has 5 heteroatoms. The second-order valence-corrected chi connectivity index (χ2v) is 14.4. The van der Waals surface area contributed by atoms with Gasteiger partial charge in [-0.25, -0.2) is 19.9 Å². The molecule has 0 fully saturated rings. The van der Waals surface area contributed by atoms with Gasteiger partial charge in [-0.05, 0) is 59.4 Å². The molecule has 0 saturated heterocycles. The summed E-state index contributed by atoms with van der Waals surface area (Å²) in [5, 5.41) is 1.16. The number of thiophene rings is 1. The summed E-state index contributed by atoms with van der Waals surface area (Å²) in [5.74, 6) is 1.45. The molecule has 0 aliphatic heterocycles. The minimum absolute atomic E-state index is 0.711. The topological polar surface area (TPSA) is 51.6 Å². The highest BCUT2D eigenvalue weighted by Gasteiger charge is 2.20. The van der Waals surface area contributed by atoms with E-state index in [0.29, 0.717) is 5.82 Å². The van der Waals surface area contributed by atoms with Gasteiger partial charge in [0.2, 0.25) is 0 Å². The summed E-state index contributed by atoms with van der Waals surface area (Å²) in [6.07, 6.45) is 6.25. The number of nitrogens with zero attached hydrogens (tertiary/aromatic N) is 4. The van der Waals surface area contributed by atoms with Gasteiger partial charge in [-0.15, -0.1) is 11.3 Å². The molecule has 0 radical (unpaired) electrons. The van der Waals surface area contributed by atoms with Gasteiger partial charge in [0.1, 0.15) is 0 Å². The fourth-order valence-electron chi connectivity index (χ4n) is 7.29. The molecule has 9 aromatic rings. The van der Waals surface area contributed by atoms with Crippen LogP contribution in [0, 0.1) is 0 Å². The van der Waals surface area contributed by atoms with Gasteiger partial charge >= 0.3 is 0 Å². The summed E-state index contributed by atoms with van der Waals surface area (Å²) in [5.41, 5.74) is 13.7. The third-order valence-corrected chi connectivity index (χ3v) is 11.1. The standard InChI is InChI=1S/C48H32N4S/c1-4-14-31(15-5-1)36-28-37(32-16-6-2-7-17-32)30-38(29-36)48-49-41-22-12-10-20-39(41)43(50-48)34-24-26-35(27-25-34)47-51-44(33-18-8-3-9-19-33)46-45(52-47)40-21-11-13-23-42(40)53-46/h1-11,13-21,23-30H,12,22H2.